The maximum absolute atomic E-state index is 13.0. The number of nitrogens with one attached hydrogen (secondary N) is 1. The number of anilines is 1. The Kier molecular flexibility index (Phi) is 5.51. The number of benzene rings is 1. The Morgan fingerprint density at radius 1 is 1.00 bits per heavy atom. The summed E-state index contributed by atoms with van der Waals surface area (Å²) in [6.45, 7) is 5.42. The van der Waals surface area contributed by atoms with E-state index in [0.29, 0.717) is 13.0 Å². The van der Waals surface area contributed by atoms with E-state index in [9.17, 15) is 18.8 Å². The minimum Gasteiger partial charge on any atom is -0.360 e. The number of imide groups is 2. The Hall–Kier alpha value is -2.48. The molecule has 2 aliphatic heterocycles. The van der Waals surface area contributed by atoms with Crippen LogP contribution in [0.3, 0.4) is 0 Å². The van der Waals surface area contributed by atoms with Crippen molar-refractivity contribution in [3.63, 3.8) is 0 Å². The molecule has 2 saturated heterocycles. The molecule has 1 aromatic carbocycles. The van der Waals surface area contributed by atoms with Gasteiger partial charge >= 0.3 is 17.8 Å². The van der Waals surface area contributed by atoms with Crippen molar-refractivity contribution >= 4 is 23.5 Å². The molecule has 0 aliphatic carbocycles. The molecule has 0 aromatic heterocycles. The molecule has 0 radical (unpaired) electrons. The SMILES string of the molecule is CCCCN1C(=O)C(=O)N(C[NH+]2CCN(c3ccc(F)cc3)CC2)C1=O. The molecular formula is C18H24FN4O3+. The number of halogens is 1. The predicted octanol–water partition coefficient (Wildman–Crippen LogP) is 0.0790. The zero-order valence-corrected chi connectivity index (χ0v) is 14.9. The highest BCUT2D eigenvalue weighted by molar-refractivity contribution is 6.44. The van der Waals surface area contributed by atoms with Gasteiger partial charge in [-0.25, -0.2) is 14.1 Å². The second-order valence-electron chi connectivity index (χ2n) is 6.70. The van der Waals surface area contributed by atoms with Crippen molar-refractivity contribution in [1.29, 1.82) is 0 Å². The van der Waals surface area contributed by atoms with Crippen LogP contribution in [0.5, 0.6) is 0 Å². The van der Waals surface area contributed by atoms with Crippen LogP contribution in [0.15, 0.2) is 24.3 Å². The van der Waals surface area contributed by atoms with Gasteiger partial charge in [-0.1, -0.05) is 13.3 Å². The highest BCUT2D eigenvalue weighted by Gasteiger charge is 2.45. The van der Waals surface area contributed by atoms with E-state index in [-0.39, 0.29) is 12.5 Å². The lowest BCUT2D eigenvalue weighted by atomic mass is 10.2. The molecule has 0 saturated carbocycles. The summed E-state index contributed by atoms with van der Waals surface area (Å²) in [6.07, 6.45) is 1.55. The zero-order valence-electron chi connectivity index (χ0n) is 14.9. The Morgan fingerprint density at radius 2 is 1.62 bits per heavy atom. The minimum absolute atomic E-state index is 0.212. The topological polar surface area (TPSA) is 65.4 Å². The smallest absolute Gasteiger partial charge is 0.338 e. The summed E-state index contributed by atoms with van der Waals surface area (Å²) >= 11 is 0. The summed E-state index contributed by atoms with van der Waals surface area (Å²) in [4.78, 5) is 41.9. The lowest BCUT2D eigenvalue weighted by Gasteiger charge is -2.34. The van der Waals surface area contributed by atoms with Gasteiger partial charge in [0.15, 0.2) is 6.67 Å². The number of urea groups is 1. The highest BCUT2D eigenvalue weighted by atomic mass is 19.1. The maximum Gasteiger partial charge on any atom is 0.338 e. The molecule has 3 rings (SSSR count). The molecule has 8 heteroatoms. The third-order valence-corrected chi connectivity index (χ3v) is 4.91. The first-order valence-corrected chi connectivity index (χ1v) is 9.02. The van der Waals surface area contributed by atoms with Gasteiger partial charge in [-0.05, 0) is 30.7 Å². The Bertz CT molecular complexity index is 686. The standard InChI is InChI=1S/C18H23FN4O3/c1-2-3-8-22-16(24)17(25)23(18(22)26)13-20-9-11-21(12-10-20)15-6-4-14(19)5-7-15/h4-7H,2-3,8-13H2,1H3/p+1. The number of carbonyl (C=O) groups excluding carboxylic acids is 3. The second-order valence-corrected chi connectivity index (χ2v) is 6.70. The van der Waals surface area contributed by atoms with Crippen LogP contribution in [-0.2, 0) is 9.59 Å². The Labute approximate surface area is 151 Å². The number of carbonyl (C=O) groups is 3. The highest BCUT2D eigenvalue weighted by Crippen LogP contribution is 2.15. The fraction of sp³-hybridized carbons (Fsp3) is 0.500. The molecule has 4 amide bonds. The Morgan fingerprint density at radius 3 is 2.23 bits per heavy atom. The molecule has 7 nitrogen and oxygen atoms in total. The van der Waals surface area contributed by atoms with Crippen molar-refractivity contribution in [2.24, 2.45) is 0 Å². The van der Waals surface area contributed by atoms with E-state index >= 15 is 0 Å². The van der Waals surface area contributed by atoms with Gasteiger partial charge in [0.05, 0.1) is 26.2 Å². The first-order chi connectivity index (χ1) is 12.5. The van der Waals surface area contributed by atoms with Crippen LogP contribution in [0, 0.1) is 5.82 Å². The van der Waals surface area contributed by atoms with E-state index in [1.54, 1.807) is 12.1 Å². The van der Waals surface area contributed by atoms with Crippen molar-refractivity contribution in [1.82, 2.24) is 9.80 Å². The molecule has 0 atom stereocenters. The van der Waals surface area contributed by atoms with Gasteiger partial charge in [0.1, 0.15) is 5.82 Å². The number of piperazine rings is 1. The summed E-state index contributed by atoms with van der Waals surface area (Å²) in [7, 11) is 0. The number of quaternary nitrogens is 1. The fourth-order valence-corrected chi connectivity index (χ4v) is 3.32. The second kappa shape index (κ2) is 7.82. The number of hydrogen-bond donors (Lipinski definition) is 1. The molecule has 2 heterocycles. The van der Waals surface area contributed by atoms with E-state index in [1.807, 2.05) is 6.92 Å². The van der Waals surface area contributed by atoms with Crippen molar-refractivity contribution in [3.8, 4) is 0 Å². The quantitative estimate of drug-likeness (QED) is 0.574. The lowest BCUT2D eigenvalue weighted by Crippen LogP contribution is -3.16. The fourth-order valence-electron chi connectivity index (χ4n) is 3.32. The largest absolute Gasteiger partial charge is 0.360 e. The molecule has 0 unspecified atom stereocenters. The summed E-state index contributed by atoms with van der Waals surface area (Å²) < 4.78 is 13.0. The summed E-state index contributed by atoms with van der Waals surface area (Å²) in [6, 6.07) is 5.87. The molecule has 140 valence electrons. The van der Waals surface area contributed by atoms with Gasteiger partial charge in [0, 0.05) is 12.2 Å². The average Bonchev–Trinajstić information content (AvgIpc) is 2.85. The molecule has 2 fully saturated rings. The van der Waals surface area contributed by atoms with Crippen molar-refractivity contribution in [3.05, 3.63) is 30.1 Å². The van der Waals surface area contributed by atoms with Gasteiger partial charge in [-0.3, -0.25) is 14.5 Å². The van der Waals surface area contributed by atoms with Crippen LogP contribution in [0.1, 0.15) is 19.8 Å². The first-order valence-electron chi connectivity index (χ1n) is 9.02. The Balaban J connectivity index is 1.55. The van der Waals surface area contributed by atoms with Crippen LogP contribution in [-0.4, -0.2) is 67.0 Å². The number of hydrogen-bond acceptors (Lipinski definition) is 4. The number of nitrogens with zero attached hydrogens (tertiary/aromatic N) is 3. The summed E-state index contributed by atoms with van der Waals surface area (Å²) in [5, 5.41) is 0. The van der Waals surface area contributed by atoms with Crippen LogP contribution in [0.25, 0.3) is 0 Å². The van der Waals surface area contributed by atoms with Crippen LogP contribution < -0.4 is 9.80 Å². The first kappa shape index (κ1) is 18.3. The van der Waals surface area contributed by atoms with E-state index < -0.39 is 17.8 Å². The van der Waals surface area contributed by atoms with Crippen LogP contribution >= 0.6 is 0 Å². The van der Waals surface area contributed by atoms with Crippen molar-refractivity contribution in [2.45, 2.75) is 19.8 Å². The van der Waals surface area contributed by atoms with E-state index in [4.69, 9.17) is 0 Å². The van der Waals surface area contributed by atoms with Crippen molar-refractivity contribution in [2.75, 3.05) is 44.3 Å². The average molecular weight is 363 g/mol. The number of amides is 4. The third kappa shape index (κ3) is 3.70. The van der Waals surface area contributed by atoms with E-state index in [2.05, 4.69) is 4.90 Å². The lowest BCUT2D eigenvalue weighted by molar-refractivity contribution is -0.907. The van der Waals surface area contributed by atoms with Gasteiger partial charge in [-0.15, -0.1) is 0 Å². The van der Waals surface area contributed by atoms with E-state index in [0.717, 1.165) is 53.0 Å². The van der Waals surface area contributed by atoms with Gasteiger partial charge in [0.25, 0.3) is 0 Å². The molecule has 2 aliphatic rings. The summed E-state index contributed by atoms with van der Waals surface area (Å²) in [5.74, 6) is -1.70. The van der Waals surface area contributed by atoms with Crippen molar-refractivity contribution < 1.29 is 23.7 Å². The third-order valence-electron chi connectivity index (χ3n) is 4.91. The summed E-state index contributed by atoms with van der Waals surface area (Å²) in [5.41, 5.74) is 0.958. The molecule has 0 bridgehead atoms. The van der Waals surface area contributed by atoms with Crippen LogP contribution in [0.2, 0.25) is 0 Å². The molecule has 1 N–H and O–H groups in total. The molecular weight excluding hydrogens is 339 g/mol. The van der Waals surface area contributed by atoms with Gasteiger partial charge < -0.3 is 9.80 Å². The molecule has 26 heavy (non-hydrogen) atoms. The zero-order chi connectivity index (χ0) is 18.7. The molecule has 1 aromatic rings. The van der Waals surface area contributed by atoms with Gasteiger partial charge in [0.2, 0.25) is 0 Å². The minimum atomic E-state index is -0.723. The van der Waals surface area contributed by atoms with E-state index in [1.165, 1.54) is 12.1 Å². The monoisotopic (exact) mass is 363 g/mol. The molecule has 0 spiro atoms. The number of unbranched alkanes of at least 4 members (excludes halogenated alkanes) is 1. The van der Waals surface area contributed by atoms with Crippen LogP contribution in [0.4, 0.5) is 14.9 Å². The normalized spacial score (nSPS) is 19.0. The number of rotatable bonds is 6. The predicted molar refractivity (Wildman–Crippen MR) is 93.0 cm³/mol. The maximum atomic E-state index is 13.0. The van der Waals surface area contributed by atoms with Gasteiger partial charge in [-0.2, -0.15) is 0 Å².